The highest BCUT2D eigenvalue weighted by atomic mass is 19.4. The van der Waals surface area contributed by atoms with Crippen LogP contribution in [0.3, 0.4) is 0 Å². The van der Waals surface area contributed by atoms with Gasteiger partial charge in [0.1, 0.15) is 29.6 Å². The standard InChI is InChI=1S/C28H28F7N3O4/c1-14(2)25(39)36-12-15-3-9-20(29)23(24(15)32)27(41)38-18-8-10-21(42-13-22(30)31)19(11-18)26(40)37-17-6-4-16(5-7-17)28(33,34)35/h3,8-11,16-17,22H,1,4-7,12-13H2,2H3,(H,36,39)(H,37,40)(H,38,41). The van der Waals surface area contributed by atoms with Crippen LogP contribution < -0.4 is 20.7 Å². The first-order chi connectivity index (χ1) is 19.7. The van der Waals surface area contributed by atoms with Crippen LogP contribution in [0.2, 0.25) is 0 Å². The zero-order valence-corrected chi connectivity index (χ0v) is 22.3. The second-order valence-electron chi connectivity index (χ2n) is 9.79. The van der Waals surface area contributed by atoms with Crippen molar-refractivity contribution < 1.29 is 49.9 Å². The van der Waals surface area contributed by atoms with Gasteiger partial charge in [0.05, 0.1) is 11.5 Å². The summed E-state index contributed by atoms with van der Waals surface area (Å²) in [4.78, 5) is 37.6. The van der Waals surface area contributed by atoms with Crippen molar-refractivity contribution in [3.63, 3.8) is 0 Å². The van der Waals surface area contributed by atoms with E-state index >= 15 is 4.39 Å². The van der Waals surface area contributed by atoms with Crippen molar-refractivity contribution in [3.8, 4) is 5.75 Å². The molecule has 3 amide bonds. The molecule has 0 atom stereocenters. The predicted molar refractivity (Wildman–Crippen MR) is 138 cm³/mol. The molecule has 7 nitrogen and oxygen atoms in total. The van der Waals surface area contributed by atoms with Crippen LogP contribution in [0, 0.1) is 17.6 Å². The van der Waals surface area contributed by atoms with Gasteiger partial charge in [0.2, 0.25) is 5.91 Å². The highest BCUT2D eigenvalue weighted by molar-refractivity contribution is 6.06. The van der Waals surface area contributed by atoms with Crippen LogP contribution in [0.1, 0.15) is 58.9 Å². The average molecular weight is 604 g/mol. The van der Waals surface area contributed by atoms with E-state index in [9.17, 15) is 40.7 Å². The molecular formula is C28H28F7N3O4. The van der Waals surface area contributed by atoms with Crippen molar-refractivity contribution in [2.75, 3.05) is 11.9 Å². The van der Waals surface area contributed by atoms with E-state index in [0.717, 1.165) is 30.3 Å². The van der Waals surface area contributed by atoms with Crippen LogP contribution in [-0.2, 0) is 11.3 Å². The van der Waals surface area contributed by atoms with Gasteiger partial charge in [-0.25, -0.2) is 17.6 Å². The molecule has 0 unspecified atom stereocenters. The van der Waals surface area contributed by atoms with Crippen molar-refractivity contribution in [3.05, 3.63) is 70.8 Å². The van der Waals surface area contributed by atoms with Gasteiger partial charge in [-0.3, -0.25) is 14.4 Å². The Morgan fingerprint density at radius 2 is 1.69 bits per heavy atom. The van der Waals surface area contributed by atoms with E-state index < -0.39 is 66.1 Å². The number of rotatable bonds is 10. The van der Waals surface area contributed by atoms with Crippen LogP contribution in [0.25, 0.3) is 0 Å². The lowest BCUT2D eigenvalue weighted by Crippen LogP contribution is -2.40. The molecule has 1 fully saturated rings. The van der Waals surface area contributed by atoms with E-state index in [1.807, 2.05) is 0 Å². The maximum atomic E-state index is 15.0. The van der Waals surface area contributed by atoms with E-state index in [1.54, 1.807) is 0 Å². The number of anilines is 1. The second kappa shape index (κ2) is 13.7. The van der Waals surface area contributed by atoms with Crippen LogP contribution >= 0.6 is 0 Å². The number of halogens is 7. The highest BCUT2D eigenvalue weighted by Gasteiger charge is 2.41. The van der Waals surface area contributed by atoms with Gasteiger partial charge in [-0.2, -0.15) is 13.2 Å². The Labute approximate surface area is 236 Å². The molecule has 0 spiro atoms. The number of hydrogen-bond donors (Lipinski definition) is 3. The molecule has 0 aliphatic heterocycles. The molecule has 2 aromatic rings. The number of ether oxygens (including phenoxy) is 1. The van der Waals surface area contributed by atoms with Crippen LogP contribution in [0.4, 0.5) is 36.4 Å². The summed E-state index contributed by atoms with van der Waals surface area (Å²) in [6.45, 7) is 3.42. The number of hydrogen-bond acceptors (Lipinski definition) is 4. The number of carbonyl (C=O) groups excluding carboxylic acids is 3. The van der Waals surface area contributed by atoms with Crippen molar-refractivity contribution in [2.45, 2.75) is 57.8 Å². The molecule has 0 aromatic heterocycles. The molecule has 14 heteroatoms. The van der Waals surface area contributed by atoms with Gasteiger partial charge in [0.15, 0.2) is 0 Å². The average Bonchev–Trinajstić information content (AvgIpc) is 2.91. The summed E-state index contributed by atoms with van der Waals surface area (Å²) >= 11 is 0. The zero-order valence-electron chi connectivity index (χ0n) is 22.3. The lowest BCUT2D eigenvalue weighted by Gasteiger charge is -2.30. The third-order valence-electron chi connectivity index (χ3n) is 6.60. The van der Waals surface area contributed by atoms with Gasteiger partial charge in [0.25, 0.3) is 18.2 Å². The number of alkyl halides is 5. The summed E-state index contributed by atoms with van der Waals surface area (Å²) < 4.78 is 99.0. The fraction of sp³-hybridized carbons (Fsp3) is 0.393. The molecule has 0 heterocycles. The summed E-state index contributed by atoms with van der Waals surface area (Å²) in [5, 5.41) is 7.16. The Morgan fingerprint density at radius 1 is 1.02 bits per heavy atom. The summed E-state index contributed by atoms with van der Waals surface area (Å²) in [6, 6.07) is 4.50. The molecule has 1 aliphatic carbocycles. The first kappa shape index (κ1) is 32.4. The fourth-order valence-electron chi connectivity index (χ4n) is 4.35. The molecule has 228 valence electrons. The van der Waals surface area contributed by atoms with E-state index in [-0.39, 0.29) is 60.4 Å². The van der Waals surface area contributed by atoms with Crippen molar-refractivity contribution in [1.82, 2.24) is 10.6 Å². The fourth-order valence-corrected chi connectivity index (χ4v) is 4.35. The Balaban J connectivity index is 1.81. The first-order valence-corrected chi connectivity index (χ1v) is 12.8. The SMILES string of the molecule is C=C(C)C(=O)NCc1ccc(F)c(C(=O)Nc2ccc(OCC(F)F)c(C(=O)NC3CCC(C(F)(F)F)CC3)c2)c1F. The summed E-state index contributed by atoms with van der Waals surface area (Å²) in [7, 11) is 0. The molecule has 3 rings (SSSR count). The lowest BCUT2D eigenvalue weighted by atomic mass is 9.85. The molecule has 0 bridgehead atoms. The van der Waals surface area contributed by atoms with E-state index in [1.165, 1.54) is 6.92 Å². The van der Waals surface area contributed by atoms with Crippen molar-refractivity contribution in [2.24, 2.45) is 5.92 Å². The Morgan fingerprint density at radius 3 is 2.29 bits per heavy atom. The number of carbonyl (C=O) groups is 3. The van der Waals surface area contributed by atoms with Gasteiger partial charge in [-0.05, 0) is 56.9 Å². The maximum Gasteiger partial charge on any atom is 0.391 e. The Hall–Kier alpha value is -4.10. The summed E-state index contributed by atoms with van der Waals surface area (Å²) in [5.41, 5.74) is -1.53. The highest BCUT2D eigenvalue weighted by Crippen LogP contribution is 2.37. The van der Waals surface area contributed by atoms with E-state index in [0.29, 0.717) is 0 Å². The minimum Gasteiger partial charge on any atom is -0.487 e. The Bertz CT molecular complexity index is 1340. The third kappa shape index (κ3) is 8.46. The molecule has 3 N–H and O–H groups in total. The zero-order chi connectivity index (χ0) is 31.2. The number of amides is 3. The van der Waals surface area contributed by atoms with E-state index in [4.69, 9.17) is 4.74 Å². The summed E-state index contributed by atoms with van der Waals surface area (Å²) in [6.07, 6.45) is -7.59. The van der Waals surface area contributed by atoms with Crippen LogP contribution in [-0.4, -0.2) is 43.0 Å². The minimum atomic E-state index is -4.35. The van der Waals surface area contributed by atoms with E-state index in [2.05, 4.69) is 22.5 Å². The number of nitrogens with one attached hydrogen (secondary N) is 3. The molecule has 0 saturated heterocycles. The normalized spacial score (nSPS) is 17.0. The van der Waals surface area contributed by atoms with Gasteiger partial charge < -0.3 is 20.7 Å². The molecular weight excluding hydrogens is 575 g/mol. The maximum absolute atomic E-state index is 15.0. The van der Waals surface area contributed by atoms with Crippen LogP contribution in [0.5, 0.6) is 5.75 Å². The smallest absolute Gasteiger partial charge is 0.391 e. The molecule has 2 aromatic carbocycles. The monoisotopic (exact) mass is 603 g/mol. The number of benzene rings is 2. The molecule has 1 saturated carbocycles. The Kier molecular flexibility index (Phi) is 10.6. The lowest BCUT2D eigenvalue weighted by molar-refractivity contribution is -0.182. The summed E-state index contributed by atoms with van der Waals surface area (Å²) in [5.74, 6) is -6.96. The molecule has 1 aliphatic rings. The minimum absolute atomic E-state index is 0.0291. The second-order valence-corrected chi connectivity index (χ2v) is 9.79. The van der Waals surface area contributed by atoms with Gasteiger partial charge >= 0.3 is 6.18 Å². The van der Waals surface area contributed by atoms with Gasteiger partial charge in [-0.1, -0.05) is 12.6 Å². The van der Waals surface area contributed by atoms with Crippen molar-refractivity contribution >= 4 is 23.4 Å². The van der Waals surface area contributed by atoms with Gasteiger partial charge in [-0.15, -0.1) is 0 Å². The molecule has 42 heavy (non-hydrogen) atoms. The molecule has 0 radical (unpaired) electrons. The largest absolute Gasteiger partial charge is 0.487 e. The van der Waals surface area contributed by atoms with Crippen LogP contribution in [0.15, 0.2) is 42.5 Å². The topological polar surface area (TPSA) is 96.5 Å². The third-order valence-corrected chi connectivity index (χ3v) is 6.60. The quantitative estimate of drug-likeness (QED) is 0.233. The first-order valence-electron chi connectivity index (χ1n) is 12.8. The predicted octanol–water partition coefficient (Wildman–Crippen LogP) is 5.90. The van der Waals surface area contributed by atoms with Crippen molar-refractivity contribution in [1.29, 1.82) is 0 Å². The van der Waals surface area contributed by atoms with Gasteiger partial charge in [0, 0.05) is 29.4 Å².